The van der Waals surface area contributed by atoms with E-state index in [4.69, 9.17) is 11.6 Å². The largest absolute Gasteiger partial charge is 0.353 e. The summed E-state index contributed by atoms with van der Waals surface area (Å²) in [5.41, 5.74) is 0.561. The molecule has 6 rings (SSSR count). The number of rotatable bonds is 3. The first-order valence-corrected chi connectivity index (χ1v) is 9.71. The normalized spacial score (nSPS) is 32.0. The van der Waals surface area contributed by atoms with Crippen LogP contribution in [0.15, 0.2) is 35.3 Å². The Balaban J connectivity index is 1.50. The summed E-state index contributed by atoms with van der Waals surface area (Å²) in [5, 5.41) is 7.64. The molecule has 4 nitrogen and oxygen atoms in total. The number of hydrogen-bond acceptors (Lipinski definition) is 3. The second-order valence-electron chi connectivity index (χ2n) is 8.37. The van der Waals surface area contributed by atoms with Crippen molar-refractivity contribution in [1.29, 1.82) is 0 Å². The summed E-state index contributed by atoms with van der Waals surface area (Å²) < 4.78 is 15.0. The summed E-state index contributed by atoms with van der Waals surface area (Å²) in [5.74, 6) is 1.82. The molecule has 0 unspecified atom stereocenters. The smallest absolute Gasteiger partial charge is 0.288 e. The SMILES string of the molecule is O=c1c(Cl)c(Nc2cccc(F)c2)cnn1C12CC3CC(CC(C3)C1)C2. The fraction of sp³-hybridized carbons (Fsp3) is 0.500. The van der Waals surface area contributed by atoms with Crippen molar-refractivity contribution in [3.63, 3.8) is 0 Å². The summed E-state index contributed by atoms with van der Waals surface area (Å²) in [7, 11) is 0. The molecular formula is C20H21ClFN3O. The van der Waals surface area contributed by atoms with Crippen molar-refractivity contribution in [3.05, 3.63) is 51.7 Å². The van der Waals surface area contributed by atoms with Crippen molar-refractivity contribution in [2.75, 3.05) is 5.32 Å². The van der Waals surface area contributed by atoms with E-state index in [0.29, 0.717) is 11.4 Å². The van der Waals surface area contributed by atoms with Gasteiger partial charge in [0.25, 0.3) is 5.56 Å². The van der Waals surface area contributed by atoms with Gasteiger partial charge in [-0.2, -0.15) is 5.10 Å². The van der Waals surface area contributed by atoms with E-state index < -0.39 is 0 Å². The highest BCUT2D eigenvalue weighted by atomic mass is 35.5. The van der Waals surface area contributed by atoms with Gasteiger partial charge in [0.2, 0.25) is 0 Å². The van der Waals surface area contributed by atoms with Crippen LogP contribution >= 0.6 is 11.6 Å². The van der Waals surface area contributed by atoms with E-state index in [2.05, 4.69) is 10.4 Å². The van der Waals surface area contributed by atoms with Crippen LogP contribution in [0.25, 0.3) is 0 Å². The number of nitrogens with one attached hydrogen (secondary N) is 1. The standard InChI is InChI=1S/C20H21ClFN3O/c21-18-17(24-16-3-1-2-15(22)7-16)11-23-25(19(18)26)20-8-12-4-13(9-20)6-14(5-12)10-20/h1-3,7,11-14,24H,4-6,8-10H2. The monoisotopic (exact) mass is 373 g/mol. The topological polar surface area (TPSA) is 46.9 Å². The van der Waals surface area contributed by atoms with Crippen LogP contribution in [0.4, 0.5) is 15.8 Å². The molecule has 4 bridgehead atoms. The zero-order valence-corrected chi connectivity index (χ0v) is 15.2. The van der Waals surface area contributed by atoms with Gasteiger partial charge in [0.1, 0.15) is 10.8 Å². The van der Waals surface area contributed by atoms with E-state index in [1.54, 1.807) is 23.0 Å². The molecule has 136 valence electrons. The minimum absolute atomic E-state index is 0.125. The summed E-state index contributed by atoms with van der Waals surface area (Å²) in [6.45, 7) is 0. The van der Waals surface area contributed by atoms with Crippen molar-refractivity contribution in [1.82, 2.24) is 9.78 Å². The Morgan fingerprint density at radius 2 is 1.81 bits per heavy atom. The first-order chi connectivity index (χ1) is 12.5. The van der Waals surface area contributed by atoms with Crippen molar-refractivity contribution in [2.24, 2.45) is 17.8 Å². The number of halogens is 2. The van der Waals surface area contributed by atoms with Gasteiger partial charge in [-0.25, -0.2) is 9.07 Å². The molecule has 4 fully saturated rings. The molecule has 0 spiro atoms. The first-order valence-electron chi connectivity index (χ1n) is 9.33. The third-order valence-corrected chi connectivity index (χ3v) is 6.84. The molecule has 0 saturated heterocycles. The van der Waals surface area contributed by atoms with Crippen LogP contribution in [-0.2, 0) is 5.54 Å². The van der Waals surface area contributed by atoms with Crippen LogP contribution in [0.2, 0.25) is 5.02 Å². The molecule has 0 aliphatic heterocycles. The van der Waals surface area contributed by atoms with Gasteiger partial charge in [0.15, 0.2) is 0 Å². The minimum Gasteiger partial charge on any atom is -0.353 e. The molecule has 26 heavy (non-hydrogen) atoms. The molecule has 1 N–H and O–H groups in total. The highest BCUT2D eigenvalue weighted by Crippen LogP contribution is 2.58. The van der Waals surface area contributed by atoms with Gasteiger partial charge in [0, 0.05) is 5.69 Å². The van der Waals surface area contributed by atoms with E-state index >= 15 is 0 Å². The Morgan fingerprint density at radius 3 is 2.42 bits per heavy atom. The second kappa shape index (κ2) is 5.81. The lowest BCUT2D eigenvalue weighted by molar-refractivity contribution is -0.0518. The van der Waals surface area contributed by atoms with Gasteiger partial charge in [-0.05, 0) is 74.5 Å². The lowest BCUT2D eigenvalue weighted by Crippen LogP contribution is -2.55. The van der Waals surface area contributed by atoms with E-state index in [1.165, 1.54) is 31.4 Å². The first kappa shape index (κ1) is 16.3. The lowest BCUT2D eigenvalue weighted by atomic mass is 9.53. The molecule has 1 aromatic carbocycles. The van der Waals surface area contributed by atoms with Gasteiger partial charge in [0.05, 0.1) is 17.4 Å². The van der Waals surface area contributed by atoms with Gasteiger partial charge in [-0.15, -0.1) is 0 Å². The third-order valence-electron chi connectivity index (χ3n) is 6.48. The maximum absolute atomic E-state index is 13.4. The molecule has 1 aromatic heterocycles. The van der Waals surface area contributed by atoms with E-state index in [9.17, 15) is 9.18 Å². The zero-order valence-electron chi connectivity index (χ0n) is 14.4. The molecule has 4 aliphatic rings. The fourth-order valence-electron chi connectivity index (χ4n) is 5.90. The Morgan fingerprint density at radius 1 is 1.15 bits per heavy atom. The predicted molar refractivity (Wildman–Crippen MR) is 99.3 cm³/mol. The number of hydrogen-bond donors (Lipinski definition) is 1. The quantitative estimate of drug-likeness (QED) is 0.847. The number of aromatic nitrogens is 2. The predicted octanol–water partition coefficient (Wildman–Crippen LogP) is 4.70. The van der Waals surface area contributed by atoms with Gasteiger partial charge >= 0.3 is 0 Å². The Bertz CT molecular complexity index is 890. The van der Waals surface area contributed by atoms with Gasteiger partial charge < -0.3 is 5.32 Å². The summed E-state index contributed by atoms with van der Waals surface area (Å²) in [6.07, 6.45) is 8.65. The molecule has 0 amide bonds. The Hall–Kier alpha value is -1.88. The van der Waals surface area contributed by atoms with Crippen molar-refractivity contribution < 1.29 is 4.39 Å². The number of nitrogens with zero attached hydrogens (tertiary/aromatic N) is 2. The molecule has 2 aromatic rings. The van der Waals surface area contributed by atoms with Crippen LogP contribution in [0, 0.1) is 23.6 Å². The molecule has 1 heterocycles. The molecule has 0 radical (unpaired) electrons. The Kier molecular flexibility index (Phi) is 3.64. The third kappa shape index (κ3) is 2.56. The van der Waals surface area contributed by atoms with Crippen molar-refractivity contribution >= 4 is 23.0 Å². The average Bonchev–Trinajstić information content (AvgIpc) is 2.58. The minimum atomic E-state index is -0.346. The highest BCUT2D eigenvalue weighted by molar-refractivity contribution is 6.33. The Labute approximate surface area is 156 Å². The van der Waals surface area contributed by atoms with E-state index in [1.807, 2.05) is 0 Å². The van der Waals surface area contributed by atoms with Crippen LogP contribution < -0.4 is 10.9 Å². The zero-order chi connectivity index (χ0) is 17.9. The summed E-state index contributed by atoms with van der Waals surface area (Å²) in [4.78, 5) is 13.0. The highest BCUT2D eigenvalue weighted by Gasteiger charge is 2.53. The van der Waals surface area contributed by atoms with E-state index in [0.717, 1.165) is 37.0 Å². The maximum atomic E-state index is 13.4. The summed E-state index contributed by atoms with van der Waals surface area (Å²) >= 11 is 6.40. The van der Waals surface area contributed by atoms with Crippen LogP contribution in [0.5, 0.6) is 0 Å². The fourth-order valence-corrected chi connectivity index (χ4v) is 6.08. The van der Waals surface area contributed by atoms with E-state index in [-0.39, 0.29) is 21.9 Å². The molecular weight excluding hydrogens is 353 g/mol. The second-order valence-corrected chi connectivity index (χ2v) is 8.74. The van der Waals surface area contributed by atoms with Gasteiger partial charge in [-0.3, -0.25) is 4.79 Å². The number of benzene rings is 1. The maximum Gasteiger partial charge on any atom is 0.288 e. The van der Waals surface area contributed by atoms with Crippen LogP contribution in [0.1, 0.15) is 38.5 Å². The van der Waals surface area contributed by atoms with Crippen LogP contribution in [-0.4, -0.2) is 9.78 Å². The summed E-state index contributed by atoms with van der Waals surface area (Å²) in [6, 6.07) is 6.07. The van der Waals surface area contributed by atoms with Crippen molar-refractivity contribution in [3.8, 4) is 0 Å². The van der Waals surface area contributed by atoms with Gasteiger partial charge in [-0.1, -0.05) is 17.7 Å². The molecule has 4 aliphatic carbocycles. The molecule has 4 saturated carbocycles. The number of anilines is 2. The van der Waals surface area contributed by atoms with Crippen molar-refractivity contribution in [2.45, 2.75) is 44.1 Å². The lowest BCUT2D eigenvalue weighted by Gasteiger charge is -2.56. The average molecular weight is 374 g/mol. The molecule has 0 atom stereocenters. The molecule has 6 heteroatoms. The van der Waals surface area contributed by atoms with Crippen LogP contribution in [0.3, 0.4) is 0 Å².